The Hall–Kier alpha value is -2.39. The molecule has 2 saturated heterocycles. The summed E-state index contributed by atoms with van der Waals surface area (Å²) in [5.41, 5.74) is -5.40. The van der Waals surface area contributed by atoms with E-state index in [0.717, 1.165) is 16.7 Å². The molecule has 1 aromatic rings. The lowest BCUT2D eigenvalue weighted by Gasteiger charge is -2.42. The first-order valence-electron chi connectivity index (χ1n) is 8.55. The third-order valence-corrected chi connectivity index (χ3v) is 7.23. The Kier molecular flexibility index (Phi) is 5.73. The molecule has 0 aromatic heterocycles. The standard InChI is InChI=1S/C16H15F3N2O8S2/c1-15(2)11(14(23)28-7-8-3-5-9(6-4-8)21(24)25)20-12(22)10(13(20)30-15)29-31(26,27)16(17,18)19/h3-6,10-11,13H,7H2,1-2H3/t10-,11-,13+/m0/s1. The topological polar surface area (TPSA) is 133 Å². The zero-order valence-corrected chi connectivity index (χ0v) is 17.5. The first-order chi connectivity index (χ1) is 14.2. The van der Waals surface area contributed by atoms with Crippen molar-refractivity contribution in [1.82, 2.24) is 4.90 Å². The van der Waals surface area contributed by atoms with Crippen molar-refractivity contribution in [3.8, 4) is 0 Å². The molecule has 2 aliphatic rings. The van der Waals surface area contributed by atoms with E-state index < -0.39 is 54.7 Å². The molecular weight excluding hydrogens is 469 g/mol. The molecule has 15 heteroatoms. The van der Waals surface area contributed by atoms with Gasteiger partial charge in [0.05, 0.1) is 4.92 Å². The number of thioether (sulfide) groups is 1. The Balaban J connectivity index is 1.69. The Morgan fingerprint density at radius 2 is 1.87 bits per heavy atom. The number of ether oxygens (including phenoxy) is 1. The number of benzene rings is 1. The van der Waals surface area contributed by atoms with Crippen molar-refractivity contribution in [2.45, 2.75) is 48.2 Å². The first kappa shape index (κ1) is 23.3. The molecule has 0 aliphatic carbocycles. The van der Waals surface area contributed by atoms with Crippen molar-refractivity contribution < 1.29 is 45.0 Å². The monoisotopic (exact) mass is 484 g/mol. The Bertz CT molecular complexity index is 1030. The van der Waals surface area contributed by atoms with Crippen LogP contribution in [-0.4, -0.2) is 57.9 Å². The van der Waals surface area contributed by atoms with Crippen LogP contribution < -0.4 is 0 Å². The predicted octanol–water partition coefficient (Wildman–Crippen LogP) is 1.94. The van der Waals surface area contributed by atoms with Crippen LogP contribution >= 0.6 is 11.8 Å². The molecular formula is C16H15F3N2O8S2. The molecule has 0 radical (unpaired) electrons. The number of carbonyl (C=O) groups is 2. The smallest absolute Gasteiger partial charge is 0.459 e. The van der Waals surface area contributed by atoms with E-state index in [-0.39, 0.29) is 12.3 Å². The second kappa shape index (κ2) is 7.63. The molecule has 0 spiro atoms. The minimum absolute atomic E-state index is 0.155. The highest BCUT2D eigenvalue weighted by Gasteiger charge is 2.67. The zero-order valence-electron chi connectivity index (χ0n) is 15.9. The average molecular weight is 484 g/mol. The summed E-state index contributed by atoms with van der Waals surface area (Å²) < 4.78 is 68.4. The van der Waals surface area contributed by atoms with Gasteiger partial charge in [-0.3, -0.25) is 14.9 Å². The van der Waals surface area contributed by atoms with E-state index in [0.29, 0.717) is 5.56 Å². The highest BCUT2D eigenvalue weighted by molar-refractivity contribution is 8.01. The zero-order chi connectivity index (χ0) is 23.4. The van der Waals surface area contributed by atoms with Crippen LogP contribution in [0.25, 0.3) is 0 Å². The van der Waals surface area contributed by atoms with Crippen LogP contribution in [-0.2, 0) is 35.2 Å². The fourth-order valence-electron chi connectivity index (χ4n) is 3.19. The second-order valence-corrected chi connectivity index (χ2v) is 10.5. The minimum Gasteiger partial charge on any atom is -0.459 e. The van der Waals surface area contributed by atoms with Gasteiger partial charge in [-0.2, -0.15) is 21.6 Å². The summed E-state index contributed by atoms with van der Waals surface area (Å²) in [7, 11) is -5.99. The van der Waals surface area contributed by atoms with Gasteiger partial charge in [-0.15, -0.1) is 11.8 Å². The lowest BCUT2D eigenvalue weighted by molar-refractivity contribution is -0.384. The molecule has 2 fully saturated rings. The number of nitro groups is 1. The number of esters is 1. The van der Waals surface area contributed by atoms with Crippen molar-refractivity contribution in [3.63, 3.8) is 0 Å². The fourth-order valence-corrected chi connectivity index (χ4v) is 5.42. The van der Waals surface area contributed by atoms with Crippen LogP contribution in [0, 0.1) is 10.1 Å². The first-order valence-corrected chi connectivity index (χ1v) is 10.8. The van der Waals surface area contributed by atoms with Crippen LogP contribution in [0.15, 0.2) is 24.3 Å². The molecule has 10 nitrogen and oxygen atoms in total. The summed E-state index contributed by atoms with van der Waals surface area (Å²) in [5, 5.41) is 9.55. The van der Waals surface area contributed by atoms with Crippen LogP contribution in [0.4, 0.5) is 18.9 Å². The summed E-state index contributed by atoms with van der Waals surface area (Å²) in [6.45, 7) is 2.84. The third-order valence-electron chi connectivity index (χ3n) is 4.66. The number of fused-ring (bicyclic) bond motifs is 1. The molecule has 2 aliphatic heterocycles. The lowest BCUT2D eigenvalue weighted by atomic mass is 9.97. The molecule has 0 N–H and O–H groups in total. The SMILES string of the molecule is CC1(C)S[C@@H]2[C@@H](OS(=O)(=O)C(F)(F)F)C(=O)N2[C@H]1C(=O)OCc1ccc([N+](=O)[O-])cc1. The van der Waals surface area contributed by atoms with E-state index in [1.54, 1.807) is 13.8 Å². The van der Waals surface area contributed by atoms with Gasteiger partial charge in [-0.05, 0) is 31.5 Å². The fraction of sp³-hybridized carbons (Fsp3) is 0.500. The van der Waals surface area contributed by atoms with Crippen molar-refractivity contribution >= 4 is 39.4 Å². The highest BCUT2D eigenvalue weighted by atomic mass is 32.2. The molecule has 1 aromatic carbocycles. The number of β-lactam (4-membered cyclic amide) rings is 1. The summed E-state index contributed by atoms with van der Waals surface area (Å²) in [5.74, 6) is -1.93. The molecule has 3 atom stereocenters. The summed E-state index contributed by atoms with van der Waals surface area (Å²) in [6, 6.07) is 4.00. The van der Waals surface area contributed by atoms with E-state index in [2.05, 4.69) is 4.18 Å². The number of nitro benzene ring substituents is 1. The van der Waals surface area contributed by atoms with Crippen LogP contribution in [0.2, 0.25) is 0 Å². The number of hydrogen-bond acceptors (Lipinski definition) is 9. The molecule has 2 heterocycles. The van der Waals surface area contributed by atoms with Crippen LogP contribution in [0.1, 0.15) is 19.4 Å². The highest BCUT2D eigenvalue weighted by Crippen LogP contribution is 2.52. The van der Waals surface area contributed by atoms with Crippen LogP contribution in [0.5, 0.6) is 0 Å². The summed E-state index contributed by atoms with van der Waals surface area (Å²) in [4.78, 5) is 35.9. The number of rotatable bonds is 6. The van der Waals surface area contributed by atoms with Gasteiger partial charge in [0.1, 0.15) is 18.0 Å². The van der Waals surface area contributed by atoms with E-state index in [9.17, 15) is 41.3 Å². The molecule has 31 heavy (non-hydrogen) atoms. The lowest BCUT2D eigenvalue weighted by Crippen LogP contribution is -2.67. The van der Waals surface area contributed by atoms with Crippen molar-refractivity contribution in [3.05, 3.63) is 39.9 Å². The largest absolute Gasteiger partial charge is 0.523 e. The molecule has 170 valence electrons. The van der Waals surface area contributed by atoms with E-state index in [1.807, 2.05) is 0 Å². The van der Waals surface area contributed by atoms with E-state index in [4.69, 9.17) is 4.74 Å². The maximum absolute atomic E-state index is 12.6. The van der Waals surface area contributed by atoms with Gasteiger partial charge in [0, 0.05) is 16.9 Å². The maximum Gasteiger partial charge on any atom is 0.523 e. The second-order valence-electron chi connectivity index (χ2n) is 7.21. The number of alkyl halides is 3. The molecule has 0 saturated carbocycles. The number of halogens is 3. The Morgan fingerprint density at radius 3 is 2.39 bits per heavy atom. The Labute approximate surface area is 177 Å². The summed E-state index contributed by atoms with van der Waals surface area (Å²) >= 11 is 0.917. The van der Waals surface area contributed by atoms with Crippen molar-refractivity contribution in [1.29, 1.82) is 0 Å². The third kappa shape index (κ3) is 4.21. The van der Waals surface area contributed by atoms with Gasteiger partial charge < -0.3 is 9.64 Å². The molecule has 0 bridgehead atoms. The number of hydrogen-bond donors (Lipinski definition) is 0. The molecule has 0 unspecified atom stereocenters. The summed E-state index contributed by atoms with van der Waals surface area (Å²) in [6.07, 6.45) is -1.90. The van der Waals surface area contributed by atoms with Crippen LogP contribution in [0.3, 0.4) is 0 Å². The number of amides is 1. The van der Waals surface area contributed by atoms with Gasteiger partial charge in [0.2, 0.25) is 0 Å². The Morgan fingerprint density at radius 1 is 1.29 bits per heavy atom. The maximum atomic E-state index is 12.6. The normalized spacial score (nSPS) is 25.0. The van der Waals surface area contributed by atoms with E-state index >= 15 is 0 Å². The van der Waals surface area contributed by atoms with Gasteiger partial charge >= 0.3 is 21.6 Å². The van der Waals surface area contributed by atoms with Crippen molar-refractivity contribution in [2.75, 3.05) is 0 Å². The quantitative estimate of drug-likeness (QED) is 0.148. The van der Waals surface area contributed by atoms with Gasteiger partial charge in [0.15, 0.2) is 6.10 Å². The van der Waals surface area contributed by atoms with Crippen molar-refractivity contribution in [2.24, 2.45) is 0 Å². The number of carbonyl (C=O) groups excluding carboxylic acids is 2. The van der Waals surface area contributed by atoms with Gasteiger partial charge in [-0.1, -0.05) is 0 Å². The van der Waals surface area contributed by atoms with E-state index in [1.165, 1.54) is 24.3 Å². The van der Waals surface area contributed by atoms with Gasteiger partial charge in [-0.25, -0.2) is 8.98 Å². The molecule has 3 rings (SSSR count). The van der Waals surface area contributed by atoms with Gasteiger partial charge in [0.25, 0.3) is 11.6 Å². The average Bonchev–Trinajstić information content (AvgIpc) is 2.91. The molecule has 1 amide bonds. The number of nitrogens with zero attached hydrogens (tertiary/aromatic N) is 2. The predicted molar refractivity (Wildman–Crippen MR) is 98.8 cm³/mol. The minimum atomic E-state index is -5.99. The number of non-ortho nitro benzene ring substituents is 1.